The Morgan fingerprint density at radius 1 is 1.11 bits per heavy atom. The summed E-state index contributed by atoms with van der Waals surface area (Å²) in [7, 11) is 0. The topological polar surface area (TPSA) is 143 Å². The van der Waals surface area contributed by atoms with E-state index in [4.69, 9.17) is 36.3 Å². The van der Waals surface area contributed by atoms with Crippen molar-refractivity contribution in [2.45, 2.75) is 47.6 Å². The number of hydrogen-bond donors (Lipinski definition) is 1. The molecule has 2 fully saturated rings. The van der Waals surface area contributed by atoms with Crippen LogP contribution < -0.4 is 5.73 Å². The molecule has 2 saturated heterocycles. The molecule has 2 N–H and O–H groups in total. The Bertz CT molecular complexity index is 1800. The zero-order valence-electron chi connectivity index (χ0n) is 23.5. The van der Waals surface area contributed by atoms with Crippen LogP contribution in [0, 0.1) is 11.3 Å². The molecule has 0 aliphatic carbocycles. The second kappa shape index (κ2) is 13.2. The number of aromatic nitrogens is 5. The van der Waals surface area contributed by atoms with Gasteiger partial charge in [0.1, 0.15) is 47.2 Å². The molecule has 45 heavy (non-hydrogen) atoms. The van der Waals surface area contributed by atoms with Crippen LogP contribution >= 0.6 is 34.7 Å². The van der Waals surface area contributed by atoms with Crippen molar-refractivity contribution in [3.63, 3.8) is 0 Å². The number of thioether (sulfide) groups is 1. The van der Waals surface area contributed by atoms with Crippen molar-refractivity contribution in [2.24, 2.45) is 0 Å². The van der Waals surface area contributed by atoms with Crippen molar-refractivity contribution in [2.75, 3.05) is 12.3 Å². The van der Waals surface area contributed by atoms with Crippen molar-refractivity contribution in [1.82, 2.24) is 25.0 Å². The van der Waals surface area contributed by atoms with Crippen molar-refractivity contribution in [3.8, 4) is 17.5 Å². The van der Waals surface area contributed by atoms with Gasteiger partial charge in [0.15, 0.2) is 17.1 Å². The Kier molecular flexibility index (Phi) is 8.77. The van der Waals surface area contributed by atoms with E-state index in [1.54, 1.807) is 10.7 Å². The summed E-state index contributed by atoms with van der Waals surface area (Å²) in [6.07, 6.45) is 0.977. The highest BCUT2D eigenvalue weighted by molar-refractivity contribution is 7.99. The summed E-state index contributed by atoms with van der Waals surface area (Å²) in [5.41, 5.74) is 8.57. The molecule has 6 unspecified atom stereocenters. The lowest BCUT2D eigenvalue weighted by atomic mass is 9.95. The first kappa shape index (κ1) is 29.8. The molecule has 5 heterocycles. The smallest absolute Gasteiger partial charge is 0.184 e. The van der Waals surface area contributed by atoms with Gasteiger partial charge in [-0.15, -0.1) is 16.4 Å². The average Bonchev–Trinajstić information content (AvgIpc) is 3.74. The summed E-state index contributed by atoms with van der Waals surface area (Å²) < 4.78 is 28.0. The minimum Gasteiger partial charge on any atom is -0.375 e. The number of rotatable bonds is 8. The zero-order chi connectivity index (χ0) is 30.8. The lowest BCUT2D eigenvalue weighted by Gasteiger charge is -2.49. The molecule has 2 aliphatic rings. The molecular formula is C31H26ClN7O4S2. The molecule has 0 spiro atoms. The first-order chi connectivity index (χ1) is 22.1. The Morgan fingerprint density at radius 2 is 1.91 bits per heavy atom. The van der Waals surface area contributed by atoms with E-state index in [1.807, 2.05) is 72.2 Å². The van der Waals surface area contributed by atoms with E-state index >= 15 is 0 Å². The third-order valence-corrected chi connectivity index (χ3v) is 9.49. The minimum absolute atomic E-state index is 0.234. The number of hydrogen-bond acceptors (Lipinski definition) is 12. The molecule has 3 aromatic heterocycles. The predicted molar refractivity (Wildman–Crippen MR) is 168 cm³/mol. The van der Waals surface area contributed by atoms with E-state index in [-0.39, 0.29) is 12.3 Å². The van der Waals surface area contributed by atoms with Gasteiger partial charge in [0, 0.05) is 22.0 Å². The average molecular weight is 660 g/mol. The summed E-state index contributed by atoms with van der Waals surface area (Å²) >= 11 is 8.95. The van der Waals surface area contributed by atoms with E-state index in [1.165, 1.54) is 29.3 Å². The maximum Gasteiger partial charge on any atom is 0.184 e. The number of ether oxygens (including phenoxy) is 4. The van der Waals surface area contributed by atoms with Gasteiger partial charge < -0.3 is 24.7 Å². The lowest BCUT2D eigenvalue weighted by Crippen LogP contribution is -2.59. The van der Waals surface area contributed by atoms with Crippen LogP contribution in [0.1, 0.15) is 29.2 Å². The van der Waals surface area contributed by atoms with E-state index in [2.05, 4.69) is 26.3 Å². The number of nitrogens with zero attached hydrogens (tertiary/aromatic N) is 6. The fraction of sp³-hybridized carbons (Fsp3) is 0.258. The molecule has 7 rings (SSSR count). The fourth-order valence-corrected chi connectivity index (χ4v) is 7.36. The van der Waals surface area contributed by atoms with Crippen LogP contribution in [0.4, 0.5) is 5.13 Å². The molecule has 2 aliphatic heterocycles. The third-order valence-electron chi connectivity index (χ3n) is 7.43. The highest BCUT2D eigenvalue weighted by Gasteiger charge is 2.52. The number of nitrogen functional groups attached to an aromatic ring is 1. The number of fused-ring (bicyclic) bond motifs is 1. The van der Waals surface area contributed by atoms with Gasteiger partial charge in [-0.25, -0.2) is 14.6 Å². The highest BCUT2D eigenvalue weighted by Crippen LogP contribution is 2.45. The van der Waals surface area contributed by atoms with E-state index in [0.717, 1.165) is 11.1 Å². The number of thiazole rings is 1. The Balaban J connectivity index is 1.29. The van der Waals surface area contributed by atoms with Gasteiger partial charge in [0.05, 0.1) is 24.4 Å². The van der Waals surface area contributed by atoms with Gasteiger partial charge in [-0.05, 0) is 11.6 Å². The van der Waals surface area contributed by atoms with E-state index < -0.39 is 36.1 Å². The maximum absolute atomic E-state index is 9.81. The number of nitriles is 1. The highest BCUT2D eigenvalue weighted by atomic mass is 35.5. The van der Waals surface area contributed by atoms with E-state index in [0.29, 0.717) is 33.0 Å². The summed E-state index contributed by atoms with van der Waals surface area (Å²) in [4.78, 5) is 9.17. The maximum atomic E-state index is 9.81. The Morgan fingerprint density at radius 3 is 2.67 bits per heavy atom. The molecule has 14 heteroatoms. The molecule has 11 nitrogen and oxygen atoms in total. The first-order valence-electron chi connectivity index (χ1n) is 14.0. The second-order valence-electron chi connectivity index (χ2n) is 10.4. The number of benzene rings is 2. The van der Waals surface area contributed by atoms with Gasteiger partial charge in [-0.3, -0.25) is 0 Å². The van der Waals surface area contributed by atoms with Crippen LogP contribution in [0.2, 0.25) is 5.02 Å². The monoisotopic (exact) mass is 659 g/mol. The molecular weight excluding hydrogens is 634 g/mol. The van der Waals surface area contributed by atoms with Crippen LogP contribution in [-0.4, -0.2) is 55.3 Å². The summed E-state index contributed by atoms with van der Waals surface area (Å²) in [6.45, 7) is 0.549. The van der Waals surface area contributed by atoms with Crippen molar-refractivity contribution in [3.05, 3.63) is 106 Å². The number of halogens is 1. The normalized spacial score (nSPS) is 24.5. The lowest BCUT2D eigenvalue weighted by molar-refractivity contribution is -0.311. The van der Waals surface area contributed by atoms with E-state index in [9.17, 15) is 5.26 Å². The summed E-state index contributed by atoms with van der Waals surface area (Å²) in [5, 5.41) is 21.5. The standard InChI is InChI=1S/C31H26ClN7O4S2/c32-20-11-25(21(12-33)35-13-20)45-30-28(40-15-18-7-3-1-4-8-18)26(39-14-22(37-38-39)23-17-44-31(34)36-23)27-24(42-30)16-41-29(43-27)19-9-5-2-6-10-19/h1-11,13-14,17,24,26-30H,15-16H2,(H2,34,36). The fourth-order valence-electron chi connectivity index (χ4n) is 5.35. The summed E-state index contributed by atoms with van der Waals surface area (Å²) in [5.74, 6) is 0. The molecule has 0 radical (unpaired) electrons. The molecule has 0 amide bonds. The third kappa shape index (κ3) is 6.45. The molecule has 5 aromatic rings. The Hall–Kier alpha value is -3.87. The van der Waals surface area contributed by atoms with Crippen LogP contribution in [0.25, 0.3) is 11.4 Å². The molecule has 0 bridgehead atoms. The zero-order valence-corrected chi connectivity index (χ0v) is 25.9. The first-order valence-corrected chi connectivity index (χ1v) is 16.2. The van der Waals surface area contributed by atoms with Crippen molar-refractivity contribution >= 4 is 39.8 Å². The molecule has 228 valence electrons. The Labute approximate surface area is 271 Å². The summed E-state index contributed by atoms with van der Waals surface area (Å²) in [6, 6.07) is 22.9. The van der Waals surface area contributed by atoms with Crippen LogP contribution in [0.3, 0.4) is 0 Å². The number of pyridine rings is 1. The number of nitrogens with two attached hydrogens (primary N) is 1. The van der Waals surface area contributed by atoms with Gasteiger partial charge in [-0.1, -0.05) is 89.2 Å². The quantitative estimate of drug-likeness (QED) is 0.220. The number of anilines is 1. The minimum atomic E-state index is -0.633. The SMILES string of the molecule is N#Cc1ncc(Cl)cc1SC1OC2COC(c3ccccc3)OC2C(n2cc(-c3csc(N)n3)nn2)C1OCc1ccccc1. The largest absolute Gasteiger partial charge is 0.375 e. The van der Waals surface area contributed by atoms with Crippen molar-refractivity contribution in [1.29, 1.82) is 5.26 Å². The molecule has 0 saturated carbocycles. The van der Waals surface area contributed by atoms with Crippen LogP contribution in [0.5, 0.6) is 0 Å². The van der Waals surface area contributed by atoms with Gasteiger partial charge in [-0.2, -0.15) is 5.26 Å². The van der Waals surface area contributed by atoms with Gasteiger partial charge in [0.25, 0.3) is 0 Å². The molecule has 2 aromatic carbocycles. The van der Waals surface area contributed by atoms with Crippen LogP contribution in [-0.2, 0) is 25.6 Å². The predicted octanol–water partition coefficient (Wildman–Crippen LogP) is 5.66. The van der Waals surface area contributed by atoms with Gasteiger partial charge >= 0.3 is 0 Å². The van der Waals surface area contributed by atoms with Crippen LogP contribution in [0.15, 0.2) is 89.4 Å². The van der Waals surface area contributed by atoms with Crippen molar-refractivity contribution < 1.29 is 18.9 Å². The molecule has 6 atom stereocenters. The second-order valence-corrected chi connectivity index (χ2v) is 12.8. The van der Waals surface area contributed by atoms with Gasteiger partial charge in [0.2, 0.25) is 0 Å².